The molecule has 2 fully saturated rings. The molecule has 2 aromatic carbocycles. The van der Waals surface area contributed by atoms with Gasteiger partial charge in [0.1, 0.15) is 11.5 Å². The van der Waals surface area contributed by atoms with Crippen molar-refractivity contribution in [3.63, 3.8) is 0 Å². The quantitative estimate of drug-likeness (QED) is 0.528. The number of hydrogen-bond acceptors (Lipinski definition) is 6. The molecule has 0 spiro atoms. The first-order chi connectivity index (χ1) is 15.8. The zero-order valence-corrected chi connectivity index (χ0v) is 19.4. The maximum atomic E-state index is 5.97. The van der Waals surface area contributed by atoms with Gasteiger partial charge in [-0.1, -0.05) is 24.3 Å². The Hall–Kier alpha value is -2.28. The van der Waals surface area contributed by atoms with Crippen LogP contribution in [0, 0.1) is 0 Å². The normalized spacial score (nSPS) is 18.0. The van der Waals surface area contributed by atoms with Crippen molar-refractivity contribution in [3.8, 4) is 11.5 Å². The third-order valence-corrected chi connectivity index (χ3v) is 6.37. The summed E-state index contributed by atoms with van der Waals surface area (Å²) < 4.78 is 16.9. The molecule has 6 nitrogen and oxygen atoms in total. The summed E-state index contributed by atoms with van der Waals surface area (Å²) in [6, 6.07) is 16.9. The molecule has 2 aromatic rings. The second-order valence-corrected chi connectivity index (χ2v) is 8.59. The molecular formula is C26H37N3O3. The van der Waals surface area contributed by atoms with E-state index in [9.17, 15) is 0 Å². The molecule has 0 amide bonds. The minimum absolute atomic E-state index is 0.782. The predicted molar refractivity (Wildman–Crippen MR) is 129 cm³/mol. The minimum Gasteiger partial charge on any atom is -0.495 e. The number of morpholine rings is 1. The van der Waals surface area contributed by atoms with Gasteiger partial charge in [0.15, 0.2) is 0 Å². The van der Waals surface area contributed by atoms with E-state index in [1.807, 2.05) is 12.1 Å². The SMILES string of the molecule is COc1ccccc1N1CCN(CCCCOc2ccc(CN3CCOCC3)cc2)CC1. The maximum absolute atomic E-state index is 5.97. The average Bonchev–Trinajstić information content (AvgIpc) is 2.86. The molecule has 2 saturated heterocycles. The third kappa shape index (κ3) is 6.61. The first-order valence-electron chi connectivity index (χ1n) is 11.9. The molecule has 0 aromatic heterocycles. The molecule has 0 saturated carbocycles. The first kappa shape index (κ1) is 22.9. The number of ether oxygens (including phenoxy) is 3. The number of rotatable bonds is 10. The minimum atomic E-state index is 0.782. The van der Waals surface area contributed by atoms with Crippen molar-refractivity contribution in [2.24, 2.45) is 0 Å². The number of anilines is 1. The fraction of sp³-hybridized carbons (Fsp3) is 0.538. The second-order valence-electron chi connectivity index (χ2n) is 8.59. The van der Waals surface area contributed by atoms with Gasteiger partial charge in [-0.15, -0.1) is 0 Å². The van der Waals surface area contributed by atoms with Crippen molar-refractivity contribution < 1.29 is 14.2 Å². The molecular weight excluding hydrogens is 402 g/mol. The molecule has 32 heavy (non-hydrogen) atoms. The number of unbranched alkanes of at least 4 members (excludes halogenated alkanes) is 1. The number of hydrogen-bond donors (Lipinski definition) is 0. The lowest BCUT2D eigenvalue weighted by molar-refractivity contribution is 0.0342. The van der Waals surface area contributed by atoms with Gasteiger partial charge in [0.2, 0.25) is 0 Å². The van der Waals surface area contributed by atoms with Crippen LogP contribution in [0.2, 0.25) is 0 Å². The highest BCUT2D eigenvalue weighted by molar-refractivity contribution is 5.58. The summed E-state index contributed by atoms with van der Waals surface area (Å²) in [6.07, 6.45) is 2.26. The van der Waals surface area contributed by atoms with Crippen LogP contribution >= 0.6 is 0 Å². The topological polar surface area (TPSA) is 37.4 Å². The zero-order chi connectivity index (χ0) is 22.0. The predicted octanol–water partition coefficient (Wildman–Crippen LogP) is 3.51. The van der Waals surface area contributed by atoms with Gasteiger partial charge in [-0.05, 0) is 49.2 Å². The molecule has 0 aliphatic carbocycles. The van der Waals surface area contributed by atoms with Crippen molar-refractivity contribution in [2.45, 2.75) is 19.4 Å². The summed E-state index contributed by atoms with van der Waals surface area (Å²) in [4.78, 5) is 7.43. The summed E-state index contributed by atoms with van der Waals surface area (Å²) >= 11 is 0. The van der Waals surface area contributed by atoms with Crippen LogP contribution in [-0.2, 0) is 11.3 Å². The molecule has 0 radical (unpaired) electrons. The molecule has 6 heteroatoms. The van der Waals surface area contributed by atoms with E-state index in [4.69, 9.17) is 14.2 Å². The van der Waals surface area contributed by atoms with Crippen molar-refractivity contribution >= 4 is 5.69 Å². The fourth-order valence-corrected chi connectivity index (χ4v) is 4.44. The van der Waals surface area contributed by atoms with Crippen molar-refractivity contribution in [2.75, 3.05) is 77.6 Å². The summed E-state index contributed by atoms with van der Waals surface area (Å²) in [6.45, 7) is 11.0. The van der Waals surface area contributed by atoms with Gasteiger partial charge in [-0.25, -0.2) is 0 Å². The molecule has 0 atom stereocenters. The Labute approximate surface area is 192 Å². The highest BCUT2D eigenvalue weighted by Crippen LogP contribution is 2.28. The number of nitrogens with zero attached hydrogens (tertiary/aromatic N) is 3. The lowest BCUT2D eigenvalue weighted by Crippen LogP contribution is -2.46. The van der Waals surface area contributed by atoms with Crippen LogP contribution in [0.1, 0.15) is 18.4 Å². The van der Waals surface area contributed by atoms with Crippen LogP contribution in [0.15, 0.2) is 48.5 Å². The number of benzene rings is 2. The van der Waals surface area contributed by atoms with E-state index in [2.05, 4.69) is 51.1 Å². The summed E-state index contributed by atoms with van der Waals surface area (Å²) in [5.41, 5.74) is 2.55. The Morgan fingerprint density at radius 1 is 0.812 bits per heavy atom. The van der Waals surface area contributed by atoms with Gasteiger partial charge >= 0.3 is 0 Å². The molecule has 0 bridgehead atoms. The number of methoxy groups -OCH3 is 1. The van der Waals surface area contributed by atoms with Crippen LogP contribution in [0.5, 0.6) is 11.5 Å². The van der Waals surface area contributed by atoms with Crippen LogP contribution in [0.4, 0.5) is 5.69 Å². The fourth-order valence-electron chi connectivity index (χ4n) is 4.44. The zero-order valence-electron chi connectivity index (χ0n) is 19.4. The van der Waals surface area contributed by atoms with E-state index in [1.54, 1.807) is 7.11 Å². The lowest BCUT2D eigenvalue weighted by atomic mass is 10.2. The summed E-state index contributed by atoms with van der Waals surface area (Å²) in [5, 5.41) is 0. The first-order valence-corrected chi connectivity index (χ1v) is 11.9. The molecule has 2 aliphatic rings. The highest BCUT2D eigenvalue weighted by atomic mass is 16.5. The third-order valence-electron chi connectivity index (χ3n) is 6.37. The van der Waals surface area contributed by atoms with Gasteiger partial charge in [0.05, 0.1) is 32.6 Å². The Morgan fingerprint density at radius 2 is 1.56 bits per heavy atom. The Bertz CT molecular complexity index is 800. The van der Waals surface area contributed by atoms with E-state index in [-0.39, 0.29) is 0 Å². The van der Waals surface area contributed by atoms with E-state index in [0.717, 1.165) is 90.1 Å². The van der Waals surface area contributed by atoms with E-state index in [0.29, 0.717) is 0 Å². The summed E-state index contributed by atoms with van der Waals surface area (Å²) in [7, 11) is 1.75. The van der Waals surface area contributed by atoms with Gasteiger partial charge in [-0.3, -0.25) is 9.80 Å². The second kappa shape index (κ2) is 12.1. The van der Waals surface area contributed by atoms with Crippen molar-refractivity contribution in [3.05, 3.63) is 54.1 Å². The molecule has 2 aliphatic heterocycles. The maximum Gasteiger partial charge on any atom is 0.142 e. The Kier molecular flexibility index (Phi) is 8.65. The van der Waals surface area contributed by atoms with Crippen molar-refractivity contribution in [1.29, 1.82) is 0 Å². The molecule has 4 rings (SSSR count). The van der Waals surface area contributed by atoms with Crippen LogP contribution in [0.3, 0.4) is 0 Å². The molecule has 0 unspecified atom stereocenters. The van der Waals surface area contributed by atoms with Gasteiger partial charge in [-0.2, -0.15) is 0 Å². The van der Waals surface area contributed by atoms with Crippen LogP contribution in [-0.4, -0.2) is 82.5 Å². The van der Waals surface area contributed by atoms with Gasteiger partial charge in [0.25, 0.3) is 0 Å². The van der Waals surface area contributed by atoms with Crippen LogP contribution in [0.25, 0.3) is 0 Å². The van der Waals surface area contributed by atoms with Crippen LogP contribution < -0.4 is 14.4 Å². The monoisotopic (exact) mass is 439 g/mol. The van der Waals surface area contributed by atoms with E-state index in [1.165, 1.54) is 17.7 Å². The van der Waals surface area contributed by atoms with Gasteiger partial charge in [0, 0.05) is 45.8 Å². The lowest BCUT2D eigenvalue weighted by Gasteiger charge is -2.36. The smallest absolute Gasteiger partial charge is 0.142 e. The largest absolute Gasteiger partial charge is 0.495 e. The van der Waals surface area contributed by atoms with E-state index < -0.39 is 0 Å². The number of piperazine rings is 1. The standard InChI is InChI=1S/C26H37N3O3/c1-30-26-7-3-2-6-25(26)29-15-13-27(14-16-29)12-4-5-19-32-24-10-8-23(9-11-24)22-28-17-20-31-21-18-28/h2-3,6-11H,4-5,12-22H2,1H3. The van der Waals surface area contributed by atoms with Crippen molar-refractivity contribution in [1.82, 2.24) is 9.80 Å². The Balaban J connectivity index is 1.09. The molecule has 0 N–H and O–H groups in total. The summed E-state index contributed by atoms with van der Waals surface area (Å²) in [5.74, 6) is 1.94. The molecule has 2 heterocycles. The van der Waals surface area contributed by atoms with E-state index >= 15 is 0 Å². The van der Waals surface area contributed by atoms with Gasteiger partial charge < -0.3 is 19.1 Å². The average molecular weight is 440 g/mol. The number of para-hydroxylation sites is 2. The molecule has 174 valence electrons. The Morgan fingerprint density at radius 3 is 2.31 bits per heavy atom. The highest BCUT2D eigenvalue weighted by Gasteiger charge is 2.19.